The number of benzene rings is 3. The molecule has 0 aliphatic heterocycles. The number of carbonyl (C=O) groups is 1. The van der Waals surface area contributed by atoms with Crippen molar-refractivity contribution in [3.8, 4) is 16.9 Å². The van der Waals surface area contributed by atoms with E-state index in [1.54, 1.807) is 19.2 Å². The van der Waals surface area contributed by atoms with E-state index in [1.807, 2.05) is 12.1 Å². The van der Waals surface area contributed by atoms with E-state index < -0.39 is 5.97 Å². The van der Waals surface area contributed by atoms with E-state index >= 15 is 0 Å². The molecule has 0 heterocycles. The molecular weight excluding hydrogens is 411 g/mol. The van der Waals surface area contributed by atoms with E-state index in [1.165, 1.54) is 55.2 Å². The molecule has 0 amide bonds. The van der Waals surface area contributed by atoms with Crippen LogP contribution >= 0.6 is 0 Å². The van der Waals surface area contributed by atoms with E-state index in [2.05, 4.69) is 30.3 Å². The predicted molar refractivity (Wildman–Crippen MR) is 128 cm³/mol. The van der Waals surface area contributed by atoms with Gasteiger partial charge in [0.05, 0.1) is 12.7 Å². The minimum atomic E-state index is -0.888. The van der Waals surface area contributed by atoms with Gasteiger partial charge in [-0.15, -0.1) is 0 Å². The van der Waals surface area contributed by atoms with Crippen LogP contribution in [0, 0.1) is 17.8 Å². The van der Waals surface area contributed by atoms with Crippen LogP contribution in [0.5, 0.6) is 5.75 Å². The fraction of sp³-hybridized carbons (Fsp3) is 0.393. The minimum Gasteiger partial charge on any atom is -0.496 e. The maximum Gasteiger partial charge on any atom is 0.335 e. The Labute approximate surface area is 199 Å². The first-order valence-electron chi connectivity index (χ1n) is 11.5. The monoisotopic (exact) mass is 439 g/mol. The first-order chi connectivity index (χ1) is 15.0. The molecule has 161 valence electrons. The molecule has 0 unspecified atom stereocenters. The molecule has 4 heteroatoms. The summed E-state index contributed by atoms with van der Waals surface area (Å²) in [4.78, 5) is 11.3. The van der Waals surface area contributed by atoms with Crippen molar-refractivity contribution in [1.82, 2.24) is 0 Å². The van der Waals surface area contributed by atoms with Crippen LogP contribution in [0.4, 0.5) is 0 Å². The second-order valence-corrected chi connectivity index (χ2v) is 10.2. The van der Waals surface area contributed by atoms with Crippen LogP contribution in [0.3, 0.4) is 0 Å². The van der Waals surface area contributed by atoms with Gasteiger partial charge in [0.15, 0.2) is 0 Å². The Balaban J connectivity index is 0.00000216. The number of hydrogen-bond donors (Lipinski definition) is 1. The molecule has 3 nitrogen and oxygen atoms in total. The maximum atomic E-state index is 11.3. The van der Waals surface area contributed by atoms with Crippen molar-refractivity contribution in [1.29, 1.82) is 0 Å². The van der Waals surface area contributed by atoms with Crippen LogP contribution in [0.25, 0.3) is 21.9 Å². The van der Waals surface area contributed by atoms with E-state index in [0.717, 1.165) is 34.3 Å². The van der Waals surface area contributed by atoms with Gasteiger partial charge in [-0.05, 0) is 114 Å². The van der Waals surface area contributed by atoms with Gasteiger partial charge in [0.1, 0.15) is 5.75 Å². The number of fused-ring (bicyclic) bond motifs is 1. The molecule has 0 spiro atoms. The summed E-state index contributed by atoms with van der Waals surface area (Å²) in [6.07, 6.45) is 8.25. The lowest BCUT2D eigenvalue weighted by Crippen LogP contribution is -2.48. The molecule has 3 aromatic carbocycles. The third kappa shape index (κ3) is 3.45. The van der Waals surface area contributed by atoms with Gasteiger partial charge in [-0.2, -0.15) is 0 Å². The molecule has 4 aliphatic carbocycles. The summed E-state index contributed by atoms with van der Waals surface area (Å²) in [5.41, 5.74) is 4.41. The molecule has 4 aliphatic rings. The van der Waals surface area contributed by atoms with E-state index in [-0.39, 0.29) is 22.8 Å². The predicted octanol–water partition coefficient (Wildman–Crippen LogP) is 6.30. The largest absolute Gasteiger partial charge is 0.496 e. The number of aromatic carboxylic acids is 1. The molecule has 3 aromatic rings. The summed E-state index contributed by atoms with van der Waals surface area (Å²) in [5.74, 6) is 2.83. The molecule has 32 heavy (non-hydrogen) atoms. The summed E-state index contributed by atoms with van der Waals surface area (Å²) in [6.45, 7) is 0. The van der Waals surface area contributed by atoms with Crippen molar-refractivity contribution >= 4 is 34.1 Å². The number of carboxylic acid groups (broad SMARTS) is 1. The number of carboxylic acids is 1. The van der Waals surface area contributed by atoms with Crippen LogP contribution in [0.2, 0.25) is 0 Å². The van der Waals surface area contributed by atoms with Gasteiger partial charge in [-0.25, -0.2) is 4.79 Å². The van der Waals surface area contributed by atoms with Gasteiger partial charge < -0.3 is 9.84 Å². The Bertz CT molecular complexity index is 1160. The number of methoxy groups -OCH3 is 1. The number of ether oxygens (including phenoxy) is 1. The highest BCUT2D eigenvalue weighted by Crippen LogP contribution is 2.62. The smallest absolute Gasteiger partial charge is 0.335 e. The molecule has 0 atom stereocenters. The average Bonchev–Trinajstić information content (AvgIpc) is 2.77. The van der Waals surface area contributed by atoms with Crippen molar-refractivity contribution in [3.05, 3.63) is 65.7 Å². The van der Waals surface area contributed by atoms with Crippen molar-refractivity contribution in [2.45, 2.75) is 43.9 Å². The second kappa shape index (κ2) is 7.94. The molecule has 4 bridgehead atoms. The average molecular weight is 440 g/mol. The lowest BCUT2D eigenvalue weighted by atomic mass is 9.48. The molecule has 4 fully saturated rings. The Kier molecular flexibility index (Phi) is 5.35. The molecule has 3 radical (unpaired) electrons. The summed E-state index contributed by atoms with van der Waals surface area (Å²) >= 11 is 0. The first-order valence-corrected chi connectivity index (χ1v) is 11.5. The Morgan fingerprint density at radius 3 is 2.03 bits per heavy atom. The zero-order valence-corrected chi connectivity index (χ0v) is 19.7. The van der Waals surface area contributed by atoms with Crippen LogP contribution in [-0.2, 0) is 5.41 Å². The maximum absolute atomic E-state index is 11.3. The van der Waals surface area contributed by atoms with Gasteiger partial charge in [0.25, 0.3) is 0 Å². The van der Waals surface area contributed by atoms with Crippen molar-refractivity contribution in [2.24, 2.45) is 17.8 Å². The van der Waals surface area contributed by atoms with Crippen molar-refractivity contribution in [3.63, 3.8) is 0 Å². The zero-order chi connectivity index (χ0) is 21.2. The van der Waals surface area contributed by atoms with Gasteiger partial charge in [-0.1, -0.05) is 24.3 Å². The number of rotatable bonds is 4. The van der Waals surface area contributed by atoms with Gasteiger partial charge in [0, 0.05) is 22.9 Å². The fourth-order valence-corrected chi connectivity index (χ4v) is 7.30. The van der Waals surface area contributed by atoms with Crippen molar-refractivity contribution < 1.29 is 14.6 Å². The van der Waals surface area contributed by atoms with Crippen LogP contribution in [0.1, 0.15) is 54.4 Å². The SMILES string of the molecule is COc1ccc(-c2ccc3cc(C(=O)O)ccc3c2)cc1C12CC3CC(CC(C3)C1)C2.[Al]. The molecular formula is C28H28AlO3. The Morgan fingerprint density at radius 2 is 1.41 bits per heavy atom. The zero-order valence-electron chi connectivity index (χ0n) is 18.5. The van der Waals surface area contributed by atoms with Crippen LogP contribution < -0.4 is 4.74 Å². The highest BCUT2D eigenvalue weighted by atomic mass is 27.0. The van der Waals surface area contributed by atoms with E-state index in [0.29, 0.717) is 5.56 Å². The quantitative estimate of drug-likeness (QED) is 0.485. The van der Waals surface area contributed by atoms with Gasteiger partial charge in [0.2, 0.25) is 0 Å². The highest BCUT2D eigenvalue weighted by Gasteiger charge is 2.52. The topological polar surface area (TPSA) is 46.5 Å². The molecule has 0 aromatic heterocycles. The molecule has 1 N–H and O–H groups in total. The summed E-state index contributed by atoms with van der Waals surface area (Å²) in [6, 6.07) is 18.4. The summed E-state index contributed by atoms with van der Waals surface area (Å²) in [5, 5.41) is 11.3. The first kappa shape index (κ1) is 21.6. The van der Waals surface area contributed by atoms with E-state index in [4.69, 9.17) is 4.74 Å². The van der Waals surface area contributed by atoms with Crippen LogP contribution in [-0.4, -0.2) is 35.5 Å². The van der Waals surface area contributed by atoms with Gasteiger partial charge in [-0.3, -0.25) is 0 Å². The Morgan fingerprint density at radius 1 is 0.844 bits per heavy atom. The lowest BCUT2D eigenvalue weighted by Gasteiger charge is -2.57. The molecule has 0 saturated heterocycles. The third-order valence-corrected chi connectivity index (χ3v) is 8.23. The molecule has 7 rings (SSSR count). The third-order valence-electron chi connectivity index (χ3n) is 8.23. The van der Waals surface area contributed by atoms with Crippen molar-refractivity contribution in [2.75, 3.05) is 7.11 Å². The van der Waals surface area contributed by atoms with Gasteiger partial charge >= 0.3 is 5.97 Å². The second-order valence-electron chi connectivity index (χ2n) is 10.2. The lowest BCUT2D eigenvalue weighted by molar-refractivity contribution is -0.00613. The van der Waals surface area contributed by atoms with E-state index in [9.17, 15) is 9.90 Å². The fourth-order valence-electron chi connectivity index (χ4n) is 7.30. The number of hydrogen-bond acceptors (Lipinski definition) is 2. The molecule has 4 saturated carbocycles. The standard InChI is InChI=1S/C28H28O3.Al/c1-31-26-7-6-23(21-2-3-22-12-24(27(29)30)5-4-20(22)11-21)13-25(26)28-14-17-8-18(15-28)10-19(9-17)16-28;/h2-7,11-13,17-19H,8-10,14-16H2,1H3,(H,29,30);. The normalized spacial score (nSPS) is 27.8. The minimum absolute atomic E-state index is 0. The summed E-state index contributed by atoms with van der Waals surface area (Å²) in [7, 11) is 1.80. The highest BCUT2D eigenvalue weighted by molar-refractivity contribution is 5.95. The summed E-state index contributed by atoms with van der Waals surface area (Å²) < 4.78 is 5.88. The Hall–Kier alpha value is -2.28. The van der Waals surface area contributed by atoms with Crippen LogP contribution in [0.15, 0.2) is 54.6 Å².